The number of hydrogen-bond acceptors (Lipinski definition) is 8. The Morgan fingerprint density at radius 2 is 1.84 bits per heavy atom. The molecule has 8 heteroatoms. The van der Waals surface area contributed by atoms with Crippen LogP contribution in [0.5, 0.6) is 0 Å². The van der Waals surface area contributed by atoms with Crippen molar-refractivity contribution in [1.82, 2.24) is 0 Å². The number of carbonyl (C=O) groups is 3. The fourth-order valence-corrected chi connectivity index (χ4v) is 2.52. The summed E-state index contributed by atoms with van der Waals surface area (Å²) in [6, 6.07) is 6.79. The van der Waals surface area contributed by atoms with Crippen LogP contribution in [0, 0.1) is 0 Å². The first-order valence-corrected chi connectivity index (χ1v) is 8.01. The highest BCUT2D eigenvalue weighted by Crippen LogP contribution is 2.17. The van der Waals surface area contributed by atoms with Gasteiger partial charge in [-0.25, -0.2) is 9.59 Å². The Kier molecular flexibility index (Phi) is 6.11. The number of ether oxygens (including phenoxy) is 2. The molecule has 1 aliphatic rings. The molecular formula is C17H21NO7. The summed E-state index contributed by atoms with van der Waals surface area (Å²) in [5.41, 5.74) is 1.26. The van der Waals surface area contributed by atoms with Gasteiger partial charge in [-0.05, 0) is 38.1 Å². The summed E-state index contributed by atoms with van der Waals surface area (Å²) in [5, 5.41) is 19.0. The summed E-state index contributed by atoms with van der Waals surface area (Å²) < 4.78 is 9.51. The Labute approximate surface area is 144 Å². The fourth-order valence-electron chi connectivity index (χ4n) is 2.52. The predicted molar refractivity (Wildman–Crippen MR) is 87.2 cm³/mol. The highest BCUT2D eigenvalue weighted by Gasteiger charge is 2.46. The van der Waals surface area contributed by atoms with E-state index < -0.39 is 42.6 Å². The second-order valence-corrected chi connectivity index (χ2v) is 5.55. The monoisotopic (exact) mass is 351 g/mol. The second-order valence-electron chi connectivity index (χ2n) is 5.55. The Bertz CT molecular complexity index is 639. The minimum absolute atomic E-state index is 0.290. The van der Waals surface area contributed by atoms with Crippen molar-refractivity contribution in [2.45, 2.75) is 32.2 Å². The molecule has 1 heterocycles. The number of esters is 2. The van der Waals surface area contributed by atoms with Crippen molar-refractivity contribution in [2.75, 3.05) is 24.6 Å². The molecule has 3 atom stereocenters. The van der Waals surface area contributed by atoms with E-state index in [2.05, 4.69) is 9.64 Å². The van der Waals surface area contributed by atoms with Gasteiger partial charge in [0.05, 0.1) is 5.56 Å². The van der Waals surface area contributed by atoms with Gasteiger partial charge < -0.3 is 24.6 Å². The average molecular weight is 351 g/mol. The lowest BCUT2D eigenvalue weighted by molar-refractivity contribution is -0.151. The zero-order valence-electron chi connectivity index (χ0n) is 14.0. The van der Waals surface area contributed by atoms with E-state index in [4.69, 9.17) is 4.74 Å². The van der Waals surface area contributed by atoms with Crippen LogP contribution in [0.4, 0.5) is 5.69 Å². The minimum atomic E-state index is -1.90. The Balaban J connectivity index is 1.92. The predicted octanol–water partition coefficient (Wildman–Crippen LogP) is -0.0941. The molecule has 1 aliphatic heterocycles. The maximum absolute atomic E-state index is 12.0. The normalized spacial score (nSPS) is 21.0. The number of aliphatic hydroxyl groups excluding tert-OH is 2. The van der Waals surface area contributed by atoms with Crippen LogP contribution in [0.2, 0.25) is 0 Å². The van der Waals surface area contributed by atoms with E-state index in [-0.39, 0.29) is 5.56 Å². The number of cyclic esters (lactones) is 1. The zero-order valence-corrected chi connectivity index (χ0v) is 14.0. The van der Waals surface area contributed by atoms with Gasteiger partial charge in [-0.2, -0.15) is 0 Å². The third-order valence-electron chi connectivity index (χ3n) is 3.98. The third kappa shape index (κ3) is 4.15. The molecule has 25 heavy (non-hydrogen) atoms. The number of hydrogen-bond donors (Lipinski definition) is 2. The topological polar surface area (TPSA) is 113 Å². The SMILES string of the molecule is CCN(CC)c1ccc(C(=O)OCC(O)C2OC(=O)C(O)C2=O)cc1. The van der Waals surface area contributed by atoms with Crippen molar-refractivity contribution < 1.29 is 34.1 Å². The van der Waals surface area contributed by atoms with Gasteiger partial charge in [0.25, 0.3) is 0 Å². The Morgan fingerprint density at radius 1 is 1.24 bits per heavy atom. The number of nitrogens with zero attached hydrogens (tertiary/aromatic N) is 1. The van der Waals surface area contributed by atoms with E-state index in [0.29, 0.717) is 0 Å². The Hall–Kier alpha value is -2.45. The van der Waals surface area contributed by atoms with Gasteiger partial charge in [-0.1, -0.05) is 0 Å². The molecule has 0 aromatic heterocycles. The van der Waals surface area contributed by atoms with E-state index in [1.54, 1.807) is 24.3 Å². The van der Waals surface area contributed by atoms with Gasteiger partial charge in [0.15, 0.2) is 6.10 Å². The van der Waals surface area contributed by atoms with Crippen molar-refractivity contribution >= 4 is 23.4 Å². The lowest BCUT2D eigenvalue weighted by Gasteiger charge is -2.21. The second kappa shape index (κ2) is 8.09. The highest BCUT2D eigenvalue weighted by molar-refractivity contribution is 6.09. The molecule has 0 saturated carbocycles. The van der Waals surface area contributed by atoms with Crippen LogP contribution in [0.25, 0.3) is 0 Å². The van der Waals surface area contributed by atoms with Gasteiger partial charge in [0.1, 0.15) is 12.7 Å². The summed E-state index contributed by atoms with van der Waals surface area (Å²) in [6.07, 6.45) is -4.96. The smallest absolute Gasteiger partial charge is 0.343 e. The molecule has 2 N–H and O–H groups in total. The quantitative estimate of drug-likeness (QED) is 0.517. The summed E-state index contributed by atoms with van der Waals surface area (Å²) >= 11 is 0. The van der Waals surface area contributed by atoms with Gasteiger partial charge in [0, 0.05) is 18.8 Å². The average Bonchev–Trinajstić information content (AvgIpc) is 2.88. The van der Waals surface area contributed by atoms with Gasteiger partial charge in [-0.3, -0.25) is 4.79 Å². The van der Waals surface area contributed by atoms with Crippen molar-refractivity contribution in [3.05, 3.63) is 29.8 Å². The third-order valence-corrected chi connectivity index (χ3v) is 3.98. The lowest BCUT2D eigenvalue weighted by atomic mass is 10.1. The number of Topliss-reactive ketones (excluding diaryl/α,β-unsaturated/α-hetero) is 1. The zero-order chi connectivity index (χ0) is 18.6. The molecule has 1 aromatic rings. The molecule has 2 rings (SSSR count). The number of ketones is 1. The first-order chi connectivity index (χ1) is 11.9. The molecule has 1 saturated heterocycles. The van der Waals surface area contributed by atoms with Crippen LogP contribution in [-0.2, 0) is 19.1 Å². The number of benzene rings is 1. The number of anilines is 1. The number of aliphatic hydroxyl groups is 2. The summed E-state index contributed by atoms with van der Waals surface area (Å²) in [4.78, 5) is 36.7. The molecule has 0 bridgehead atoms. The minimum Gasteiger partial charge on any atom is -0.459 e. The molecule has 0 amide bonds. The van der Waals surface area contributed by atoms with E-state index in [0.717, 1.165) is 18.8 Å². The van der Waals surface area contributed by atoms with E-state index in [1.165, 1.54) is 0 Å². The van der Waals surface area contributed by atoms with Gasteiger partial charge in [0.2, 0.25) is 11.9 Å². The van der Waals surface area contributed by atoms with Gasteiger partial charge in [-0.15, -0.1) is 0 Å². The summed E-state index contributed by atoms with van der Waals surface area (Å²) in [5.74, 6) is -2.74. The largest absolute Gasteiger partial charge is 0.459 e. The van der Waals surface area contributed by atoms with Crippen molar-refractivity contribution in [3.63, 3.8) is 0 Å². The molecular weight excluding hydrogens is 330 g/mol. The first-order valence-electron chi connectivity index (χ1n) is 8.01. The first kappa shape index (κ1) is 18.9. The molecule has 0 radical (unpaired) electrons. The van der Waals surface area contributed by atoms with Crippen LogP contribution in [0.15, 0.2) is 24.3 Å². The Morgan fingerprint density at radius 3 is 2.32 bits per heavy atom. The summed E-state index contributed by atoms with van der Waals surface area (Å²) in [6.45, 7) is 5.20. The molecule has 3 unspecified atom stereocenters. The summed E-state index contributed by atoms with van der Waals surface area (Å²) in [7, 11) is 0. The maximum Gasteiger partial charge on any atom is 0.343 e. The van der Waals surface area contributed by atoms with Crippen LogP contribution in [-0.4, -0.2) is 65.9 Å². The molecule has 1 aromatic carbocycles. The van der Waals surface area contributed by atoms with Gasteiger partial charge >= 0.3 is 11.9 Å². The fraction of sp³-hybridized carbons (Fsp3) is 0.471. The van der Waals surface area contributed by atoms with Crippen molar-refractivity contribution in [1.29, 1.82) is 0 Å². The molecule has 8 nitrogen and oxygen atoms in total. The molecule has 0 aliphatic carbocycles. The van der Waals surface area contributed by atoms with E-state index in [9.17, 15) is 24.6 Å². The highest BCUT2D eigenvalue weighted by atomic mass is 16.6. The van der Waals surface area contributed by atoms with Crippen LogP contribution < -0.4 is 4.90 Å². The maximum atomic E-state index is 12.0. The molecule has 0 spiro atoms. The number of carbonyl (C=O) groups excluding carboxylic acids is 3. The molecule has 136 valence electrons. The van der Waals surface area contributed by atoms with E-state index >= 15 is 0 Å². The van der Waals surface area contributed by atoms with Crippen molar-refractivity contribution in [2.24, 2.45) is 0 Å². The van der Waals surface area contributed by atoms with E-state index in [1.807, 2.05) is 13.8 Å². The van der Waals surface area contributed by atoms with Crippen LogP contribution >= 0.6 is 0 Å². The van der Waals surface area contributed by atoms with Crippen molar-refractivity contribution in [3.8, 4) is 0 Å². The van der Waals surface area contributed by atoms with Crippen LogP contribution in [0.3, 0.4) is 0 Å². The molecule has 1 fully saturated rings. The lowest BCUT2D eigenvalue weighted by Crippen LogP contribution is -2.38. The number of rotatable bonds is 7. The van der Waals surface area contributed by atoms with Crippen LogP contribution in [0.1, 0.15) is 24.2 Å². The standard InChI is InChI=1S/C17H21NO7/c1-3-18(4-2)11-7-5-10(6-8-11)16(22)24-9-12(19)15-13(20)14(21)17(23)25-15/h5-8,12,14-15,19,21H,3-4,9H2,1-2H3.